The van der Waals surface area contributed by atoms with Crippen molar-refractivity contribution >= 4 is 27.7 Å². The Balaban J connectivity index is 1.48. The molecule has 0 atom stereocenters. The molecule has 2 aromatic heterocycles. The number of carbonyl (C=O) groups excluding carboxylic acids is 1. The number of hydrogen-bond donors (Lipinski definition) is 1. The molecule has 33 heavy (non-hydrogen) atoms. The van der Waals surface area contributed by atoms with Gasteiger partial charge in [0.2, 0.25) is 0 Å². The lowest BCUT2D eigenvalue weighted by atomic mass is 10.1. The first-order chi connectivity index (χ1) is 15.8. The number of halogens is 1. The number of hydrogen-bond acceptors (Lipinski definition) is 5. The fourth-order valence-electron chi connectivity index (χ4n) is 3.52. The van der Waals surface area contributed by atoms with Crippen molar-refractivity contribution in [1.82, 2.24) is 14.9 Å². The van der Waals surface area contributed by atoms with E-state index in [1.165, 1.54) is 5.56 Å². The van der Waals surface area contributed by atoms with Gasteiger partial charge in [-0.25, -0.2) is 0 Å². The Hall–Kier alpha value is -3.39. The molecule has 7 nitrogen and oxygen atoms in total. The molecule has 0 saturated heterocycles. The molecule has 2 aromatic carbocycles. The highest BCUT2D eigenvalue weighted by atomic mass is 79.9. The number of benzene rings is 2. The van der Waals surface area contributed by atoms with Gasteiger partial charge >= 0.3 is 0 Å². The Morgan fingerprint density at radius 2 is 1.79 bits per heavy atom. The first-order valence-corrected chi connectivity index (χ1v) is 11.3. The summed E-state index contributed by atoms with van der Waals surface area (Å²) >= 11 is 3.48. The molecule has 0 fully saturated rings. The average molecular weight is 509 g/mol. The molecule has 4 aromatic rings. The Morgan fingerprint density at radius 3 is 2.48 bits per heavy atom. The monoisotopic (exact) mass is 508 g/mol. The van der Waals surface area contributed by atoms with Crippen LogP contribution in [0.25, 0.3) is 0 Å². The molecule has 0 saturated carbocycles. The van der Waals surface area contributed by atoms with E-state index in [1.54, 1.807) is 11.6 Å². The molecule has 1 amide bonds. The Labute approximate surface area is 200 Å². The SMILES string of the molecule is Cc1ccc(Cn2cc(Br)c(NC(=O)c3noc(C)c3COc3c(C)cccc3C)n2)cc1. The maximum atomic E-state index is 13.0. The molecule has 0 bridgehead atoms. The van der Waals surface area contributed by atoms with Crippen LogP contribution in [-0.2, 0) is 13.2 Å². The molecule has 0 spiro atoms. The zero-order valence-electron chi connectivity index (χ0n) is 19.0. The van der Waals surface area contributed by atoms with Crippen LogP contribution in [0.3, 0.4) is 0 Å². The van der Waals surface area contributed by atoms with Crippen LogP contribution in [0.1, 0.15) is 44.1 Å². The van der Waals surface area contributed by atoms with Crippen LogP contribution in [0.2, 0.25) is 0 Å². The molecule has 2 heterocycles. The molecular formula is C25H25BrN4O3. The zero-order valence-corrected chi connectivity index (χ0v) is 20.6. The molecule has 170 valence electrons. The lowest BCUT2D eigenvalue weighted by molar-refractivity contribution is 0.101. The summed E-state index contributed by atoms with van der Waals surface area (Å²) in [5.41, 5.74) is 5.15. The summed E-state index contributed by atoms with van der Waals surface area (Å²) in [4.78, 5) is 13.0. The summed E-state index contributed by atoms with van der Waals surface area (Å²) in [5.74, 6) is 1.33. The van der Waals surface area contributed by atoms with Crippen molar-refractivity contribution < 1.29 is 14.1 Å². The Kier molecular flexibility index (Phi) is 6.65. The standard InChI is InChI=1S/C25H25BrN4O3/c1-15-8-10-19(11-9-15)12-30-13-21(26)24(28-30)27-25(31)22-20(18(4)33-29-22)14-32-23-16(2)6-5-7-17(23)3/h5-11,13H,12,14H2,1-4H3,(H,27,28,31). The van der Waals surface area contributed by atoms with Crippen LogP contribution >= 0.6 is 15.9 Å². The van der Waals surface area contributed by atoms with Crippen molar-refractivity contribution in [1.29, 1.82) is 0 Å². The Bertz CT molecular complexity index is 1270. The van der Waals surface area contributed by atoms with Gasteiger partial charge in [0.1, 0.15) is 18.1 Å². The summed E-state index contributed by atoms with van der Waals surface area (Å²) < 4.78 is 13.8. The minimum atomic E-state index is -0.409. The third-order valence-corrected chi connectivity index (χ3v) is 5.96. The molecule has 0 radical (unpaired) electrons. The highest BCUT2D eigenvalue weighted by Crippen LogP contribution is 2.26. The number of para-hydroxylation sites is 1. The predicted octanol–water partition coefficient (Wildman–Crippen LogP) is 5.75. The largest absolute Gasteiger partial charge is 0.488 e. The van der Waals surface area contributed by atoms with Crippen LogP contribution in [-0.4, -0.2) is 20.8 Å². The smallest absolute Gasteiger partial charge is 0.279 e. The fourth-order valence-corrected chi connectivity index (χ4v) is 3.94. The predicted molar refractivity (Wildman–Crippen MR) is 130 cm³/mol. The highest BCUT2D eigenvalue weighted by Gasteiger charge is 2.22. The van der Waals surface area contributed by atoms with E-state index >= 15 is 0 Å². The van der Waals surface area contributed by atoms with Crippen LogP contribution in [0.5, 0.6) is 5.75 Å². The third kappa shape index (κ3) is 5.17. The van der Waals surface area contributed by atoms with E-state index in [1.807, 2.05) is 38.2 Å². The highest BCUT2D eigenvalue weighted by molar-refractivity contribution is 9.10. The van der Waals surface area contributed by atoms with Crippen molar-refractivity contribution in [2.75, 3.05) is 5.32 Å². The number of aryl methyl sites for hydroxylation is 4. The van der Waals surface area contributed by atoms with Crippen molar-refractivity contribution in [2.24, 2.45) is 0 Å². The van der Waals surface area contributed by atoms with Gasteiger partial charge in [-0.05, 0) is 60.3 Å². The molecule has 4 rings (SSSR count). The number of anilines is 1. The van der Waals surface area contributed by atoms with E-state index in [0.29, 0.717) is 28.2 Å². The number of nitrogens with one attached hydrogen (secondary N) is 1. The molecule has 0 aliphatic heterocycles. The van der Waals surface area contributed by atoms with Crippen LogP contribution in [0, 0.1) is 27.7 Å². The number of carbonyl (C=O) groups is 1. The van der Waals surface area contributed by atoms with Crippen molar-refractivity contribution in [2.45, 2.75) is 40.8 Å². The summed E-state index contributed by atoms with van der Waals surface area (Å²) in [6.45, 7) is 8.55. The second kappa shape index (κ2) is 9.62. The van der Waals surface area contributed by atoms with Crippen LogP contribution in [0.4, 0.5) is 5.82 Å². The molecule has 1 N–H and O–H groups in total. The summed E-state index contributed by atoms with van der Waals surface area (Å²) in [6.07, 6.45) is 1.83. The minimum absolute atomic E-state index is 0.173. The maximum absolute atomic E-state index is 13.0. The summed E-state index contributed by atoms with van der Waals surface area (Å²) in [6, 6.07) is 14.2. The van der Waals surface area contributed by atoms with Gasteiger partial charge in [-0.3, -0.25) is 9.48 Å². The maximum Gasteiger partial charge on any atom is 0.279 e. The van der Waals surface area contributed by atoms with E-state index in [-0.39, 0.29) is 12.3 Å². The molecule has 0 aliphatic carbocycles. The third-order valence-electron chi connectivity index (χ3n) is 5.38. The van der Waals surface area contributed by atoms with Crippen LogP contribution < -0.4 is 10.1 Å². The lowest BCUT2D eigenvalue weighted by Crippen LogP contribution is -2.16. The summed E-state index contributed by atoms with van der Waals surface area (Å²) in [5, 5.41) is 11.3. The quantitative estimate of drug-likeness (QED) is 0.343. The van der Waals surface area contributed by atoms with Gasteiger partial charge in [-0.15, -0.1) is 0 Å². The van der Waals surface area contributed by atoms with Gasteiger partial charge in [0, 0.05) is 6.20 Å². The van der Waals surface area contributed by atoms with E-state index in [4.69, 9.17) is 9.26 Å². The lowest BCUT2D eigenvalue weighted by Gasteiger charge is -2.12. The first-order valence-electron chi connectivity index (χ1n) is 10.6. The average Bonchev–Trinajstić information content (AvgIpc) is 3.31. The van der Waals surface area contributed by atoms with Gasteiger partial charge < -0.3 is 14.6 Å². The van der Waals surface area contributed by atoms with E-state index in [9.17, 15) is 4.79 Å². The second-order valence-corrected chi connectivity index (χ2v) is 8.89. The molecule has 0 unspecified atom stereocenters. The zero-order chi connectivity index (χ0) is 23.5. The number of aromatic nitrogens is 3. The van der Waals surface area contributed by atoms with Crippen LogP contribution in [0.15, 0.2) is 57.7 Å². The van der Waals surface area contributed by atoms with Gasteiger partial charge in [-0.2, -0.15) is 5.10 Å². The van der Waals surface area contributed by atoms with E-state index < -0.39 is 5.91 Å². The normalized spacial score (nSPS) is 10.9. The van der Waals surface area contributed by atoms with E-state index in [2.05, 4.69) is 62.7 Å². The minimum Gasteiger partial charge on any atom is -0.488 e. The number of nitrogens with zero attached hydrogens (tertiary/aromatic N) is 3. The van der Waals surface area contributed by atoms with Crippen molar-refractivity contribution in [3.63, 3.8) is 0 Å². The summed E-state index contributed by atoms with van der Waals surface area (Å²) in [7, 11) is 0. The van der Waals surface area contributed by atoms with Gasteiger partial charge in [0.05, 0.1) is 16.6 Å². The van der Waals surface area contributed by atoms with Crippen molar-refractivity contribution in [3.8, 4) is 5.75 Å². The second-order valence-electron chi connectivity index (χ2n) is 8.04. The Morgan fingerprint density at radius 1 is 1.09 bits per heavy atom. The number of amides is 1. The number of rotatable bonds is 7. The van der Waals surface area contributed by atoms with Gasteiger partial charge in [-0.1, -0.05) is 53.2 Å². The molecule has 0 aliphatic rings. The van der Waals surface area contributed by atoms with Gasteiger partial charge in [0.15, 0.2) is 11.5 Å². The number of ether oxygens (including phenoxy) is 1. The molecule has 8 heteroatoms. The van der Waals surface area contributed by atoms with Crippen molar-refractivity contribution in [3.05, 3.63) is 92.4 Å². The topological polar surface area (TPSA) is 82.2 Å². The first kappa shape index (κ1) is 22.8. The fraction of sp³-hybridized carbons (Fsp3) is 0.240. The molecular weight excluding hydrogens is 484 g/mol. The van der Waals surface area contributed by atoms with E-state index in [0.717, 1.165) is 22.4 Å². The van der Waals surface area contributed by atoms with Gasteiger partial charge in [0.25, 0.3) is 5.91 Å².